The number of pyridine rings is 1. The van der Waals surface area contributed by atoms with Crippen molar-refractivity contribution in [1.82, 2.24) is 4.98 Å². The van der Waals surface area contributed by atoms with Crippen LogP contribution in [0, 0.1) is 0 Å². The van der Waals surface area contributed by atoms with Crippen LogP contribution in [0.5, 0.6) is 0 Å². The summed E-state index contributed by atoms with van der Waals surface area (Å²) < 4.78 is 44.2. The minimum absolute atomic E-state index is 0.145. The normalized spacial score (nSPS) is 12.6. The predicted octanol–water partition coefficient (Wildman–Crippen LogP) is -0.856. The van der Waals surface area contributed by atoms with E-state index in [1.54, 1.807) is 6.07 Å². The molecular weight excluding hydrogens is 240 g/mol. The van der Waals surface area contributed by atoms with Gasteiger partial charge in [-0.3, -0.25) is 0 Å². The Labute approximate surface area is 88.1 Å². The van der Waals surface area contributed by atoms with E-state index in [4.69, 9.17) is 5.14 Å². The first-order valence-corrected chi connectivity index (χ1v) is 7.32. The summed E-state index contributed by atoms with van der Waals surface area (Å²) in [5.41, 5.74) is 0. The molecule has 0 saturated heterocycles. The molecule has 1 heterocycles. The number of rotatable bonds is 4. The second-order valence-electron chi connectivity index (χ2n) is 2.85. The molecule has 15 heavy (non-hydrogen) atoms. The molecule has 0 aromatic carbocycles. The number of hydrogen-bond acceptors (Lipinski definition) is 5. The number of nitrogens with zero attached hydrogens (tertiary/aromatic N) is 1. The first kappa shape index (κ1) is 12.1. The van der Waals surface area contributed by atoms with Crippen molar-refractivity contribution in [1.29, 1.82) is 0 Å². The van der Waals surface area contributed by atoms with Gasteiger partial charge in [0, 0.05) is 6.20 Å². The van der Waals surface area contributed by atoms with Crippen LogP contribution in [-0.2, 0) is 19.9 Å². The topological polar surface area (TPSA) is 107 Å². The molecule has 0 aliphatic rings. The van der Waals surface area contributed by atoms with Crippen LogP contribution in [0.1, 0.15) is 0 Å². The van der Waals surface area contributed by atoms with Crippen LogP contribution in [-0.4, -0.2) is 33.3 Å². The van der Waals surface area contributed by atoms with Crippen molar-refractivity contribution < 1.29 is 16.8 Å². The van der Waals surface area contributed by atoms with Crippen LogP contribution in [0.15, 0.2) is 29.4 Å². The fourth-order valence-corrected chi connectivity index (χ4v) is 3.38. The van der Waals surface area contributed by atoms with Gasteiger partial charge in [0.2, 0.25) is 10.0 Å². The van der Waals surface area contributed by atoms with Crippen molar-refractivity contribution in [2.45, 2.75) is 5.03 Å². The molecule has 0 fully saturated rings. The van der Waals surface area contributed by atoms with Crippen LogP contribution in [0.4, 0.5) is 0 Å². The van der Waals surface area contributed by atoms with Crippen LogP contribution in [0.3, 0.4) is 0 Å². The van der Waals surface area contributed by atoms with Gasteiger partial charge < -0.3 is 0 Å². The molecule has 84 valence electrons. The number of hydrogen-bond donors (Lipinski definition) is 1. The number of sulfone groups is 1. The average Bonchev–Trinajstić information content (AvgIpc) is 2.16. The van der Waals surface area contributed by atoms with Gasteiger partial charge in [0.05, 0.1) is 11.5 Å². The van der Waals surface area contributed by atoms with Gasteiger partial charge in [-0.05, 0) is 12.1 Å². The monoisotopic (exact) mass is 250 g/mol. The van der Waals surface area contributed by atoms with Gasteiger partial charge in [-0.1, -0.05) is 6.07 Å². The van der Waals surface area contributed by atoms with E-state index in [1.165, 1.54) is 18.3 Å². The van der Waals surface area contributed by atoms with Gasteiger partial charge >= 0.3 is 0 Å². The Hall–Kier alpha value is -0.990. The highest BCUT2D eigenvalue weighted by atomic mass is 32.2. The Balaban J connectivity index is 2.87. The third-order valence-corrected chi connectivity index (χ3v) is 4.24. The Morgan fingerprint density at radius 1 is 1.13 bits per heavy atom. The molecule has 8 heteroatoms. The average molecular weight is 250 g/mol. The largest absolute Gasteiger partial charge is 0.245 e. The molecule has 1 rings (SSSR count). The quantitative estimate of drug-likeness (QED) is 0.748. The summed E-state index contributed by atoms with van der Waals surface area (Å²) in [7, 11) is -7.44. The zero-order valence-corrected chi connectivity index (χ0v) is 9.33. The smallest absolute Gasteiger partial charge is 0.210 e. The maximum Gasteiger partial charge on any atom is 0.210 e. The summed E-state index contributed by atoms with van der Waals surface area (Å²) in [5, 5.41) is 4.56. The predicted molar refractivity (Wildman–Crippen MR) is 54.3 cm³/mol. The van der Waals surface area contributed by atoms with E-state index in [2.05, 4.69) is 4.98 Å². The number of sulfonamides is 1. The number of aromatic nitrogens is 1. The van der Waals surface area contributed by atoms with E-state index in [1.807, 2.05) is 0 Å². The molecule has 0 saturated carbocycles. The Morgan fingerprint density at radius 3 is 2.27 bits per heavy atom. The van der Waals surface area contributed by atoms with E-state index in [0.29, 0.717) is 0 Å². The minimum Gasteiger partial charge on any atom is -0.245 e. The van der Waals surface area contributed by atoms with E-state index in [0.717, 1.165) is 0 Å². The molecule has 0 aliphatic carbocycles. The van der Waals surface area contributed by atoms with Crippen molar-refractivity contribution in [3.63, 3.8) is 0 Å². The summed E-state index contributed by atoms with van der Waals surface area (Å²) in [6.45, 7) is 0. The van der Waals surface area contributed by atoms with Gasteiger partial charge in [0.15, 0.2) is 14.9 Å². The number of nitrogens with two attached hydrogens (primary N) is 1. The lowest BCUT2D eigenvalue weighted by atomic mass is 10.5. The lowest BCUT2D eigenvalue weighted by Crippen LogP contribution is -2.23. The zero-order valence-electron chi connectivity index (χ0n) is 7.70. The molecule has 2 N–H and O–H groups in total. The molecule has 0 bridgehead atoms. The first-order valence-electron chi connectivity index (χ1n) is 3.95. The summed E-state index contributed by atoms with van der Waals surface area (Å²) >= 11 is 0. The van der Waals surface area contributed by atoms with Crippen molar-refractivity contribution in [3.8, 4) is 0 Å². The molecule has 1 aromatic heterocycles. The maximum atomic E-state index is 11.5. The first-order chi connectivity index (χ1) is 6.81. The zero-order chi connectivity index (χ0) is 11.5. The SMILES string of the molecule is NS(=O)(=O)CCS(=O)(=O)c1ccccn1. The summed E-state index contributed by atoms with van der Waals surface area (Å²) in [4.78, 5) is 3.63. The molecule has 0 unspecified atom stereocenters. The molecule has 0 aliphatic heterocycles. The lowest BCUT2D eigenvalue weighted by molar-refractivity contribution is 0.586. The van der Waals surface area contributed by atoms with Gasteiger partial charge in [-0.2, -0.15) is 0 Å². The third kappa shape index (κ3) is 3.94. The third-order valence-electron chi connectivity index (χ3n) is 1.59. The van der Waals surface area contributed by atoms with Gasteiger partial charge in [-0.15, -0.1) is 0 Å². The standard InChI is InChI=1S/C7H10N2O4S2/c8-15(12,13)6-5-14(10,11)7-3-1-2-4-9-7/h1-4H,5-6H2,(H2,8,12,13). The van der Waals surface area contributed by atoms with Crippen molar-refractivity contribution in [3.05, 3.63) is 24.4 Å². The van der Waals surface area contributed by atoms with Crippen molar-refractivity contribution >= 4 is 19.9 Å². The number of primary sulfonamides is 1. The summed E-state index contributed by atoms with van der Waals surface area (Å²) in [6.07, 6.45) is 1.32. The second-order valence-corrected chi connectivity index (χ2v) is 6.64. The summed E-state index contributed by atoms with van der Waals surface area (Å²) in [6, 6.07) is 4.38. The van der Waals surface area contributed by atoms with Crippen LogP contribution >= 0.6 is 0 Å². The molecule has 0 spiro atoms. The minimum atomic E-state index is -3.77. The van der Waals surface area contributed by atoms with E-state index >= 15 is 0 Å². The highest BCUT2D eigenvalue weighted by Crippen LogP contribution is 2.06. The Morgan fingerprint density at radius 2 is 1.80 bits per heavy atom. The maximum absolute atomic E-state index is 11.5. The van der Waals surface area contributed by atoms with Crippen LogP contribution in [0.25, 0.3) is 0 Å². The molecule has 0 amide bonds. The van der Waals surface area contributed by atoms with Crippen molar-refractivity contribution in [2.75, 3.05) is 11.5 Å². The molecule has 1 aromatic rings. The summed E-state index contributed by atoms with van der Waals surface area (Å²) in [5.74, 6) is -1.16. The Bertz CT molecular complexity index is 521. The fraction of sp³-hybridized carbons (Fsp3) is 0.286. The fourth-order valence-electron chi connectivity index (χ4n) is 0.861. The van der Waals surface area contributed by atoms with E-state index in [-0.39, 0.29) is 5.03 Å². The second kappa shape index (κ2) is 4.25. The van der Waals surface area contributed by atoms with Gasteiger partial charge in [0.1, 0.15) is 0 Å². The van der Waals surface area contributed by atoms with Crippen LogP contribution < -0.4 is 5.14 Å². The Kier molecular flexibility index (Phi) is 3.42. The highest BCUT2D eigenvalue weighted by molar-refractivity contribution is 7.94. The van der Waals surface area contributed by atoms with E-state index in [9.17, 15) is 16.8 Å². The van der Waals surface area contributed by atoms with E-state index < -0.39 is 31.4 Å². The molecule has 0 atom stereocenters. The molecular formula is C7H10N2O4S2. The van der Waals surface area contributed by atoms with Gasteiger partial charge in [-0.25, -0.2) is 27.0 Å². The highest BCUT2D eigenvalue weighted by Gasteiger charge is 2.18. The lowest BCUT2D eigenvalue weighted by Gasteiger charge is -2.01. The molecule has 6 nitrogen and oxygen atoms in total. The van der Waals surface area contributed by atoms with Gasteiger partial charge in [0.25, 0.3) is 0 Å². The van der Waals surface area contributed by atoms with Crippen LogP contribution in [0.2, 0.25) is 0 Å². The van der Waals surface area contributed by atoms with Crippen molar-refractivity contribution in [2.24, 2.45) is 5.14 Å². The molecule has 0 radical (unpaired) electrons.